The molecule has 0 aliphatic rings. The number of pyridine rings is 1. The second kappa shape index (κ2) is 5.26. The van der Waals surface area contributed by atoms with Crippen molar-refractivity contribution >= 4 is 29.2 Å². The van der Waals surface area contributed by atoms with E-state index in [4.69, 9.17) is 11.6 Å². The average Bonchev–Trinajstić information content (AvgIpc) is 2.21. The fourth-order valence-electron chi connectivity index (χ4n) is 0.951. The van der Waals surface area contributed by atoms with Gasteiger partial charge in [0.2, 0.25) is 0 Å². The third-order valence-electron chi connectivity index (χ3n) is 1.56. The van der Waals surface area contributed by atoms with Gasteiger partial charge >= 0.3 is 11.9 Å². The van der Waals surface area contributed by atoms with Crippen molar-refractivity contribution in [3.8, 4) is 0 Å². The molecule has 0 bridgehead atoms. The lowest BCUT2D eigenvalue weighted by atomic mass is 10.4. The largest absolute Gasteiger partial charge is 0.450 e. The van der Waals surface area contributed by atoms with E-state index in [-0.39, 0.29) is 17.3 Å². The zero-order valence-corrected chi connectivity index (χ0v) is 9.02. The fourth-order valence-corrected chi connectivity index (χ4v) is 1.14. The van der Waals surface area contributed by atoms with Crippen molar-refractivity contribution in [2.45, 2.75) is 6.92 Å². The number of rotatable bonds is 3. The van der Waals surface area contributed by atoms with Crippen molar-refractivity contribution in [1.29, 1.82) is 0 Å². The van der Waals surface area contributed by atoms with Crippen molar-refractivity contribution in [3.63, 3.8) is 0 Å². The Morgan fingerprint density at radius 2 is 2.44 bits per heavy atom. The highest BCUT2D eigenvalue weighted by atomic mass is 35.5. The summed E-state index contributed by atoms with van der Waals surface area (Å²) in [6, 6.07) is 1.33. The summed E-state index contributed by atoms with van der Waals surface area (Å²) in [5.74, 6) is -0.527. The van der Waals surface area contributed by atoms with Crippen molar-refractivity contribution in [2.75, 3.05) is 11.9 Å². The topological polar surface area (TPSA) is 94.4 Å². The molecule has 1 amide bonds. The van der Waals surface area contributed by atoms with Gasteiger partial charge in [0.1, 0.15) is 6.20 Å². The highest BCUT2D eigenvalue weighted by molar-refractivity contribution is 6.34. The van der Waals surface area contributed by atoms with Gasteiger partial charge in [-0.15, -0.1) is 0 Å². The van der Waals surface area contributed by atoms with Crippen molar-refractivity contribution in [1.82, 2.24) is 4.98 Å². The van der Waals surface area contributed by atoms with E-state index in [1.54, 1.807) is 6.92 Å². The summed E-state index contributed by atoms with van der Waals surface area (Å²) >= 11 is 5.70. The summed E-state index contributed by atoms with van der Waals surface area (Å²) in [5.41, 5.74) is -0.174. The first kappa shape index (κ1) is 12.2. The number of carbonyl (C=O) groups is 1. The number of nitrogens with zero attached hydrogens (tertiary/aromatic N) is 2. The number of anilines is 1. The molecule has 0 radical (unpaired) electrons. The number of hydrogen-bond donors (Lipinski definition) is 1. The highest BCUT2D eigenvalue weighted by Crippen LogP contribution is 2.29. The van der Waals surface area contributed by atoms with Gasteiger partial charge in [-0.05, 0) is 16.8 Å². The van der Waals surface area contributed by atoms with Crippen LogP contribution in [0.15, 0.2) is 12.3 Å². The second-order valence-electron chi connectivity index (χ2n) is 2.59. The minimum atomic E-state index is -0.819. The van der Waals surface area contributed by atoms with Gasteiger partial charge in [0.25, 0.3) is 0 Å². The van der Waals surface area contributed by atoms with E-state index in [1.165, 1.54) is 12.3 Å². The first-order valence-corrected chi connectivity index (χ1v) is 4.66. The second-order valence-corrected chi connectivity index (χ2v) is 3.00. The molecule has 8 heteroatoms. The molecule has 1 N–H and O–H groups in total. The van der Waals surface area contributed by atoms with Crippen LogP contribution in [0.25, 0.3) is 0 Å². The molecule has 16 heavy (non-hydrogen) atoms. The maximum absolute atomic E-state index is 11.1. The van der Waals surface area contributed by atoms with Gasteiger partial charge in [-0.25, -0.2) is 4.79 Å². The number of hydrogen-bond acceptors (Lipinski definition) is 5. The van der Waals surface area contributed by atoms with E-state index in [9.17, 15) is 14.9 Å². The Balaban J connectivity index is 3.01. The molecule has 0 aromatic carbocycles. The first-order valence-electron chi connectivity index (χ1n) is 4.29. The van der Waals surface area contributed by atoms with Crippen LogP contribution < -0.4 is 5.32 Å². The molecule has 1 rings (SSSR count). The number of nitrogens with one attached hydrogen (secondary N) is 1. The van der Waals surface area contributed by atoms with Crippen LogP contribution in [0.4, 0.5) is 16.3 Å². The average molecular weight is 246 g/mol. The lowest BCUT2D eigenvalue weighted by Crippen LogP contribution is -2.15. The van der Waals surface area contributed by atoms with Gasteiger partial charge < -0.3 is 14.9 Å². The predicted molar refractivity (Wildman–Crippen MR) is 56.5 cm³/mol. The summed E-state index contributed by atoms with van der Waals surface area (Å²) in [5, 5.41) is 12.8. The van der Waals surface area contributed by atoms with Crippen LogP contribution in [0.2, 0.25) is 5.02 Å². The quantitative estimate of drug-likeness (QED) is 0.651. The normalized spacial score (nSPS) is 9.62. The number of carbonyl (C=O) groups excluding carboxylic acids is 1. The van der Waals surface area contributed by atoms with Crippen LogP contribution in [-0.2, 0) is 4.74 Å². The Morgan fingerprint density at radius 3 is 3.00 bits per heavy atom. The van der Waals surface area contributed by atoms with E-state index < -0.39 is 16.8 Å². The van der Waals surface area contributed by atoms with Crippen LogP contribution in [-0.4, -0.2) is 22.6 Å². The lowest BCUT2D eigenvalue weighted by Gasteiger charge is -2.06. The molecule has 0 fully saturated rings. The highest BCUT2D eigenvalue weighted by Gasteiger charge is 2.20. The van der Waals surface area contributed by atoms with E-state index in [1.807, 2.05) is 0 Å². The number of aromatic nitrogens is 1. The van der Waals surface area contributed by atoms with E-state index in [2.05, 4.69) is 15.0 Å². The fraction of sp³-hybridized carbons (Fsp3) is 0.250. The Labute approximate surface area is 95.5 Å². The van der Waals surface area contributed by atoms with Crippen LogP contribution in [0.1, 0.15) is 6.92 Å². The van der Waals surface area contributed by atoms with Gasteiger partial charge in [-0.3, -0.25) is 5.32 Å². The predicted octanol–water partition coefficient (Wildman–Crippen LogP) is 2.21. The van der Waals surface area contributed by atoms with E-state index in [0.717, 1.165) is 0 Å². The maximum Gasteiger partial charge on any atom is 0.411 e. The van der Waals surface area contributed by atoms with Gasteiger partial charge in [0.05, 0.1) is 11.6 Å². The molecular weight excluding hydrogens is 238 g/mol. The monoisotopic (exact) mass is 245 g/mol. The molecule has 0 saturated carbocycles. The molecule has 0 aliphatic heterocycles. The molecule has 0 unspecified atom stereocenters. The van der Waals surface area contributed by atoms with Crippen LogP contribution in [0.5, 0.6) is 0 Å². The molecule has 0 spiro atoms. The summed E-state index contributed by atoms with van der Waals surface area (Å²) in [4.78, 5) is 24.5. The molecule has 0 saturated heterocycles. The maximum atomic E-state index is 11.1. The smallest absolute Gasteiger partial charge is 0.411 e. The molecule has 1 aromatic heterocycles. The van der Waals surface area contributed by atoms with Gasteiger partial charge in [-0.2, -0.15) is 0 Å². The van der Waals surface area contributed by atoms with Crippen LogP contribution in [0, 0.1) is 10.1 Å². The third kappa shape index (κ3) is 2.80. The number of ether oxygens (including phenoxy) is 1. The molecule has 1 aromatic rings. The van der Waals surface area contributed by atoms with Gasteiger partial charge in [-0.1, -0.05) is 11.6 Å². The van der Waals surface area contributed by atoms with Crippen LogP contribution in [0.3, 0.4) is 0 Å². The Hall–Kier alpha value is -1.89. The summed E-state index contributed by atoms with van der Waals surface area (Å²) in [6.45, 7) is 1.76. The van der Waals surface area contributed by atoms with E-state index >= 15 is 0 Å². The zero-order valence-electron chi connectivity index (χ0n) is 8.27. The van der Waals surface area contributed by atoms with Crippen molar-refractivity contribution < 1.29 is 14.5 Å². The summed E-state index contributed by atoms with van der Waals surface area (Å²) < 4.78 is 4.58. The Morgan fingerprint density at radius 1 is 1.75 bits per heavy atom. The molecule has 0 atom stereocenters. The number of halogens is 1. The molecule has 86 valence electrons. The number of nitro groups is 1. The Bertz CT molecular complexity index is 424. The van der Waals surface area contributed by atoms with Crippen LogP contribution >= 0.6 is 11.6 Å². The van der Waals surface area contributed by atoms with Crippen molar-refractivity contribution in [3.05, 3.63) is 27.4 Å². The Kier molecular flexibility index (Phi) is 4.01. The lowest BCUT2D eigenvalue weighted by molar-refractivity contribution is -0.388. The van der Waals surface area contributed by atoms with Gasteiger partial charge in [0.15, 0.2) is 5.69 Å². The number of amides is 1. The molecule has 7 nitrogen and oxygen atoms in total. The summed E-state index contributed by atoms with van der Waals surface area (Å²) in [7, 11) is 0. The SMILES string of the molecule is CCOC(=O)Nc1c(Cl)ccnc1[N+](=O)[O-]. The molecular formula is C8H8ClN3O4. The third-order valence-corrected chi connectivity index (χ3v) is 1.87. The minimum Gasteiger partial charge on any atom is -0.450 e. The standard InChI is InChI=1S/C8H8ClN3O4/c1-2-16-8(13)11-6-5(9)3-4-10-7(6)12(14)15/h3-4H,2H2,1H3,(H,11,13). The molecule has 0 aliphatic carbocycles. The first-order chi connectivity index (χ1) is 7.56. The summed E-state index contributed by atoms with van der Waals surface area (Å²) in [6.07, 6.45) is 0.358. The zero-order chi connectivity index (χ0) is 12.1. The minimum absolute atomic E-state index is 0.0229. The van der Waals surface area contributed by atoms with E-state index in [0.29, 0.717) is 0 Å². The molecule has 1 heterocycles. The van der Waals surface area contributed by atoms with Crippen molar-refractivity contribution in [2.24, 2.45) is 0 Å². The van der Waals surface area contributed by atoms with Gasteiger partial charge in [0, 0.05) is 6.07 Å².